The average Bonchev–Trinajstić information content (AvgIpc) is 2.81. The number of rotatable bonds is 3. The molecule has 1 aliphatic carbocycles. The molecule has 2 aliphatic rings. The van der Waals surface area contributed by atoms with Crippen molar-refractivity contribution in [1.29, 1.82) is 0 Å². The number of ether oxygens (including phenoxy) is 3. The van der Waals surface area contributed by atoms with E-state index in [2.05, 4.69) is 0 Å². The molecule has 0 bridgehead atoms. The lowest BCUT2D eigenvalue weighted by Gasteiger charge is -2.37. The van der Waals surface area contributed by atoms with Crippen LogP contribution in [0.5, 0.6) is 0 Å². The Balaban J connectivity index is 1.91. The van der Waals surface area contributed by atoms with Gasteiger partial charge >= 0.3 is 5.97 Å². The van der Waals surface area contributed by atoms with Crippen molar-refractivity contribution >= 4 is 5.97 Å². The van der Waals surface area contributed by atoms with Crippen molar-refractivity contribution in [2.24, 2.45) is 17.6 Å². The van der Waals surface area contributed by atoms with E-state index in [9.17, 15) is 4.79 Å². The Bertz CT molecular complexity index is 266. The third-order valence-electron chi connectivity index (χ3n) is 3.93. The van der Waals surface area contributed by atoms with Crippen LogP contribution in [0.1, 0.15) is 25.7 Å². The fourth-order valence-corrected chi connectivity index (χ4v) is 2.90. The zero-order valence-corrected chi connectivity index (χ0v) is 10.3. The zero-order valence-electron chi connectivity index (χ0n) is 10.3. The van der Waals surface area contributed by atoms with Gasteiger partial charge in [0.15, 0.2) is 5.79 Å². The van der Waals surface area contributed by atoms with E-state index in [1.54, 1.807) is 0 Å². The molecule has 1 heterocycles. The first-order chi connectivity index (χ1) is 8.21. The van der Waals surface area contributed by atoms with E-state index in [0.717, 1.165) is 25.7 Å². The van der Waals surface area contributed by atoms with Crippen LogP contribution in [0.3, 0.4) is 0 Å². The molecule has 2 N–H and O–H groups in total. The molecule has 0 aromatic rings. The Morgan fingerprint density at radius 2 is 2.00 bits per heavy atom. The average molecular weight is 243 g/mol. The minimum Gasteiger partial charge on any atom is -0.469 e. The van der Waals surface area contributed by atoms with Gasteiger partial charge in [0.05, 0.1) is 26.2 Å². The smallest absolute Gasteiger partial charge is 0.310 e. The maximum atomic E-state index is 11.6. The minimum atomic E-state index is -0.369. The maximum Gasteiger partial charge on any atom is 0.310 e. The number of methoxy groups -OCH3 is 1. The quantitative estimate of drug-likeness (QED) is 0.738. The topological polar surface area (TPSA) is 70.8 Å². The molecule has 5 nitrogen and oxygen atoms in total. The highest BCUT2D eigenvalue weighted by molar-refractivity contribution is 5.72. The fourth-order valence-electron chi connectivity index (χ4n) is 2.90. The van der Waals surface area contributed by atoms with Crippen LogP contribution in [0, 0.1) is 11.8 Å². The van der Waals surface area contributed by atoms with Gasteiger partial charge in [0, 0.05) is 19.4 Å². The Morgan fingerprint density at radius 1 is 1.41 bits per heavy atom. The summed E-state index contributed by atoms with van der Waals surface area (Å²) in [5, 5.41) is 0. The molecule has 0 radical (unpaired) electrons. The Hall–Kier alpha value is -0.650. The normalized spacial score (nSPS) is 26.0. The summed E-state index contributed by atoms with van der Waals surface area (Å²) >= 11 is 0. The van der Waals surface area contributed by atoms with E-state index in [1.165, 1.54) is 7.11 Å². The second kappa shape index (κ2) is 5.33. The molecule has 2 rings (SSSR count). The highest BCUT2D eigenvalue weighted by Gasteiger charge is 2.43. The lowest BCUT2D eigenvalue weighted by molar-refractivity contribution is -0.186. The van der Waals surface area contributed by atoms with Crippen LogP contribution in [0.4, 0.5) is 0 Å². The van der Waals surface area contributed by atoms with Crippen LogP contribution < -0.4 is 5.73 Å². The molecular formula is C12H21NO4. The monoisotopic (exact) mass is 243 g/mol. The standard InChI is InChI=1S/C12H21NO4/c1-15-11(14)10(8-13)9-2-4-12(5-3-9)16-6-7-17-12/h9-10H,2-8,13H2,1H3. The molecule has 1 atom stereocenters. The molecule has 1 unspecified atom stereocenters. The summed E-state index contributed by atoms with van der Waals surface area (Å²) in [6.07, 6.45) is 3.53. The van der Waals surface area contributed by atoms with Gasteiger partial charge in [-0.05, 0) is 18.8 Å². The van der Waals surface area contributed by atoms with Gasteiger partial charge in [-0.1, -0.05) is 0 Å². The van der Waals surface area contributed by atoms with Crippen LogP contribution >= 0.6 is 0 Å². The van der Waals surface area contributed by atoms with Gasteiger partial charge < -0.3 is 19.9 Å². The summed E-state index contributed by atoms with van der Waals surface area (Å²) in [5.74, 6) is -0.447. The number of nitrogens with two attached hydrogens (primary N) is 1. The van der Waals surface area contributed by atoms with E-state index in [0.29, 0.717) is 25.7 Å². The third kappa shape index (κ3) is 2.61. The zero-order chi connectivity index (χ0) is 12.3. The Labute approximate surface area is 102 Å². The molecule has 98 valence electrons. The van der Waals surface area contributed by atoms with Crippen LogP contribution in [0.15, 0.2) is 0 Å². The van der Waals surface area contributed by atoms with Gasteiger partial charge in [-0.25, -0.2) is 0 Å². The second-order valence-electron chi connectivity index (χ2n) is 4.81. The fraction of sp³-hybridized carbons (Fsp3) is 0.917. The van der Waals surface area contributed by atoms with E-state index < -0.39 is 0 Å². The first-order valence-electron chi connectivity index (χ1n) is 6.26. The third-order valence-corrected chi connectivity index (χ3v) is 3.93. The van der Waals surface area contributed by atoms with Gasteiger partial charge in [-0.2, -0.15) is 0 Å². The van der Waals surface area contributed by atoms with Crippen LogP contribution in [-0.4, -0.2) is 38.6 Å². The molecule has 5 heteroatoms. The van der Waals surface area contributed by atoms with Crippen molar-refractivity contribution < 1.29 is 19.0 Å². The number of carbonyl (C=O) groups excluding carboxylic acids is 1. The van der Waals surface area contributed by atoms with Crippen LogP contribution in [0.25, 0.3) is 0 Å². The van der Waals surface area contributed by atoms with Crippen molar-refractivity contribution in [2.75, 3.05) is 26.9 Å². The summed E-state index contributed by atoms with van der Waals surface area (Å²) in [5.41, 5.74) is 5.66. The molecule has 17 heavy (non-hydrogen) atoms. The molecular weight excluding hydrogens is 222 g/mol. The van der Waals surface area contributed by atoms with E-state index in [1.807, 2.05) is 0 Å². The molecule has 1 saturated carbocycles. The van der Waals surface area contributed by atoms with Crippen LogP contribution in [0.2, 0.25) is 0 Å². The van der Waals surface area contributed by atoms with Gasteiger partial charge in [0.2, 0.25) is 0 Å². The van der Waals surface area contributed by atoms with Crippen LogP contribution in [-0.2, 0) is 19.0 Å². The van der Waals surface area contributed by atoms with Gasteiger partial charge in [-0.15, -0.1) is 0 Å². The Kier molecular flexibility index (Phi) is 4.01. The second-order valence-corrected chi connectivity index (χ2v) is 4.81. The summed E-state index contributed by atoms with van der Waals surface area (Å²) in [6.45, 7) is 1.72. The highest BCUT2D eigenvalue weighted by Crippen LogP contribution is 2.40. The minimum absolute atomic E-state index is 0.182. The molecule has 1 aliphatic heterocycles. The number of esters is 1. The van der Waals surface area contributed by atoms with E-state index in [-0.39, 0.29) is 17.7 Å². The predicted molar refractivity (Wildman–Crippen MR) is 61.2 cm³/mol. The molecule has 0 amide bonds. The molecule has 0 aromatic heterocycles. The predicted octanol–water partition coefficient (Wildman–Crippen LogP) is 0.668. The summed E-state index contributed by atoms with van der Waals surface area (Å²) in [7, 11) is 1.42. The lowest BCUT2D eigenvalue weighted by atomic mass is 9.77. The van der Waals surface area contributed by atoms with Crippen molar-refractivity contribution in [1.82, 2.24) is 0 Å². The highest BCUT2D eigenvalue weighted by atomic mass is 16.7. The first kappa shape index (κ1) is 12.8. The number of hydrogen-bond donors (Lipinski definition) is 1. The summed E-state index contributed by atoms with van der Waals surface area (Å²) in [6, 6.07) is 0. The first-order valence-corrected chi connectivity index (χ1v) is 6.26. The van der Waals surface area contributed by atoms with Gasteiger partial charge in [0.25, 0.3) is 0 Å². The summed E-state index contributed by atoms with van der Waals surface area (Å²) in [4.78, 5) is 11.6. The van der Waals surface area contributed by atoms with Crippen molar-refractivity contribution in [2.45, 2.75) is 31.5 Å². The summed E-state index contributed by atoms with van der Waals surface area (Å²) < 4.78 is 16.1. The van der Waals surface area contributed by atoms with Crippen molar-refractivity contribution in [3.8, 4) is 0 Å². The van der Waals surface area contributed by atoms with Crippen molar-refractivity contribution in [3.05, 3.63) is 0 Å². The lowest BCUT2D eigenvalue weighted by Crippen LogP contribution is -2.40. The van der Waals surface area contributed by atoms with Gasteiger partial charge in [0.1, 0.15) is 0 Å². The van der Waals surface area contributed by atoms with Gasteiger partial charge in [-0.3, -0.25) is 4.79 Å². The maximum absolute atomic E-state index is 11.6. The molecule has 1 saturated heterocycles. The molecule has 1 spiro atoms. The molecule has 2 fully saturated rings. The van der Waals surface area contributed by atoms with E-state index in [4.69, 9.17) is 19.9 Å². The largest absolute Gasteiger partial charge is 0.469 e. The SMILES string of the molecule is COC(=O)C(CN)C1CCC2(CC1)OCCO2. The molecule has 0 aromatic carbocycles. The van der Waals surface area contributed by atoms with E-state index >= 15 is 0 Å². The number of hydrogen-bond acceptors (Lipinski definition) is 5. The number of carbonyl (C=O) groups is 1. The Morgan fingerprint density at radius 3 is 2.47 bits per heavy atom. The van der Waals surface area contributed by atoms with Crippen molar-refractivity contribution in [3.63, 3.8) is 0 Å².